The van der Waals surface area contributed by atoms with E-state index in [1.807, 2.05) is 0 Å². The first-order valence-electron chi connectivity index (χ1n) is 3.97. The molecule has 10 heavy (non-hydrogen) atoms. The van der Waals surface area contributed by atoms with Gasteiger partial charge < -0.3 is 0 Å². The molecule has 2 aliphatic carbocycles. The molecule has 2 rings (SSSR count). The highest BCUT2D eigenvalue weighted by atomic mass is 16.1. The number of hydrogen-bond acceptors (Lipinski definition) is 1. The third-order valence-corrected chi connectivity index (χ3v) is 2.75. The number of rotatable bonds is 1. The number of carbonyl (C=O) groups is 1. The van der Waals surface area contributed by atoms with Crippen LogP contribution in [0.1, 0.15) is 26.2 Å². The molecule has 0 aromatic rings. The largest absolute Gasteiger partial charge is 0.299 e. The summed E-state index contributed by atoms with van der Waals surface area (Å²) >= 11 is 0. The molecule has 1 nitrogen and oxygen atoms in total. The first-order chi connectivity index (χ1) is 4.77. The maximum Gasteiger partial charge on any atom is 0.136 e. The van der Waals surface area contributed by atoms with Gasteiger partial charge in [0, 0.05) is 5.92 Å². The number of fused-ring (bicyclic) bond motifs is 2. The zero-order valence-corrected chi connectivity index (χ0v) is 6.26. The molecule has 2 bridgehead atoms. The fourth-order valence-corrected chi connectivity index (χ4v) is 2.21. The Bertz CT molecular complexity index is 203. The van der Waals surface area contributed by atoms with Gasteiger partial charge in [-0.25, -0.2) is 0 Å². The zero-order valence-electron chi connectivity index (χ0n) is 6.26. The van der Waals surface area contributed by atoms with Gasteiger partial charge in [-0.15, -0.1) is 0 Å². The maximum absolute atomic E-state index is 11.0. The second-order valence-electron chi connectivity index (χ2n) is 3.46. The topological polar surface area (TPSA) is 17.1 Å². The molecule has 0 amide bonds. The Morgan fingerprint density at radius 2 is 2.50 bits per heavy atom. The van der Waals surface area contributed by atoms with Crippen molar-refractivity contribution in [3.8, 4) is 0 Å². The lowest BCUT2D eigenvalue weighted by molar-refractivity contribution is -0.120. The molecule has 0 saturated heterocycles. The van der Waals surface area contributed by atoms with Crippen molar-refractivity contribution in [3.05, 3.63) is 11.6 Å². The summed E-state index contributed by atoms with van der Waals surface area (Å²) in [5.41, 5.74) is 1.53. The summed E-state index contributed by atoms with van der Waals surface area (Å²) in [5, 5.41) is 0. The molecule has 1 saturated carbocycles. The van der Waals surface area contributed by atoms with E-state index in [1.54, 1.807) is 6.92 Å². The van der Waals surface area contributed by atoms with Crippen LogP contribution in [0.3, 0.4) is 0 Å². The van der Waals surface area contributed by atoms with Crippen LogP contribution in [0.4, 0.5) is 0 Å². The molecule has 2 unspecified atom stereocenters. The van der Waals surface area contributed by atoms with Crippen LogP contribution in [0.15, 0.2) is 11.6 Å². The van der Waals surface area contributed by atoms with Crippen molar-refractivity contribution in [3.63, 3.8) is 0 Å². The summed E-state index contributed by atoms with van der Waals surface area (Å²) in [6, 6.07) is 0. The normalized spacial score (nSPS) is 36.3. The Hall–Kier alpha value is -0.590. The van der Waals surface area contributed by atoms with Crippen LogP contribution in [-0.2, 0) is 4.79 Å². The number of carbonyl (C=O) groups excluding carboxylic acids is 1. The summed E-state index contributed by atoms with van der Waals surface area (Å²) in [7, 11) is 0. The summed E-state index contributed by atoms with van der Waals surface area (Å²) in [5.74, 6) is 1.34. The van der Waals surface area contributed by atoms with E-state index in [0.29, 0.717) is 17.6 Å². The predicted molar refractivity (Wildman–Crippen MR) is 39.6 cm³/mol. The molecule has 54 valence electrons. The highest BCUT2D eigenvalue weighted by molar-refractivity contribution is 5.81. The van der Waals surface area contributed by atoms with Crippen LogP contribution in [-0.4, -0.2) is 5.78 Å². The minimum absolute atomic E-state index is 0.295. The van der Waals surface area contributed by atoms with E-state index in [2.05, 4.69) is 6.08 Å². The fraction of sp³-hybridized carbons (Fsp3) is 0.667. The molecule has 0 heterocycles. The van der Waals surface area contributed by atoms with E-state index in [1.165, 1.54) is 24.8 Å². The van der Waals surface area contributed by atoms with Gasteiger partial charge in [-0.3, -0.25) is 4.79 Å². The molecule has 1 heteroatoms. The van der Waals surface area contributed by atoms with Gasteiger partial charge in [-0.05, 0) is 32.1 Å². The Morgan fingerprint density at radius 3 is 2.80 bits per heavy atom. The van der Waals surface area contributed by atoms with E-state index in [-0.39, 0.29) is 0 Å². The maximum atomic E-state index is 11.0. The van der Waals surface area contributed by atoms with E-state index in [4.69, 9.17) is 0 Å². The summed E-state index contributed by atoms with van der Waals surface area (Å²) < 4.78 is 0. The Kier molecular flexibility index (Phi) is 1.19. The number of ketones is 1. The lowest BCUT2D eigenvalue weighted by Gasteiger charge is -2.13. The molecule has 2 aliphatic rings. The van der Waals surface area contributed by atoms with Crippen LogP contribution >= 0.6 is 0 Å². The standard InChI is InChI=1S/C9H12O/c1-6(10)9-5-7-2-3-8(9)4-7/h5,8-9H,2-4H2,1H3. The van der Waals surface area contributed by atoms with Crippen molar-refractivity contribution in [1.29, 1.82) is 0 Å². The summed E-state index contributed by atoms with van der Waals surface area (Å²) in [6.45, 7) is 1.71. The van der Waals surface area contributed by atoms with Gasteiger partial charge in [0.2, 0.25) is 0 Å². The fourth-order valence-electron chi connectivity index (χ4n) is 2.21. The SMILES string of the molecule is CC(=O)C1C=C2CCC1C2. The molecule has 1 fully saturated rings. The molecule has 0 spiro atoms. The van der Waals surface area contributed by atoms with E-state index in [0.717, 1.165) is 0 Å². The average molecular weight is 136 g/mol. The minimum Gasteiger partial charge on any atom is -0.299 e. The van der Waals surface area contributed by atoms with Crippen molar-refractivity contribution in [2.75, 3.05) is 0 Å². The van der Waals surface area contributed by atoms with E-state index < -0.39 is 0 Å². The number of allylic oxidation sites excluding steroid dienone is 2. The molecule has 2 atom stereocenters. The van der Waals surface area contributed by atoms with Crippen LogP contribution in [0, 0.1) is 11.8 Å². The van der Waals surface area contributed by atoms with Crippen molar-refractivity contribution in [2.45, 2.75) is 26.2 Å². The quantitative estimate of drug-likeness (QED) is 0.503. The lowest BCUT2D eigenvalue weighted by atomic mass is 9.90. The van der Waals surface area contributed by atoms with Crippen molar-refractivity contribution in [1.82, 2.24) is 0 Å². The summed E-state index contributed by atoms with van der Waals surface area (Å²) in [4.78, 5) is 11.0. The van der Waals surface area contributed by atoms with Crippen LogP contribution in [0.5, 0.6) is 0 Å². The van der Waals surface area contributed by atoms with Gasteiger partial charge in [-0.1, -0.05) is 11.6 Å². The van der Waals surface area contributed by atoms with Crippen molar-refractivity contribution in [2.24, 2.45) is 11.8 Å². The molecule has 0 N–H and O–H groups in total. The average Bonchev–Trinajstić information content (AvgIpc) is 2.44. The predicted octanol–water partition coefficient (Wildman–Crippen LogP) is 1.93. The molecule has 0 aliphatic heterocycles. The third-order valence-electron chi connectivity index (χ3n) is 2.75. The first kappa shape index (κ1) is 6.14. The second kappa shape index (κ2) is 1.94. The lowest BCUT2D eigenvalue weighted by Crippen LogP contribution is -2.15. The van der Waals surface area contributed by atoms with E-state index >= 15 is 0 Å². The zero-order chi connectivity index (χ0) is 7.14. The van der Waals surface area contributed by atoms with E-state index in [9.17, 15) is 4.79 Å². The Morgan fingerprint density at radius 1 is 1.70 bits per heavy atom. The molecule has 0 aromatic carbocycles. The highest BCUT2D eigenvalue weighted by Gasteiger charge is 2.34. The minimum atomic E-state index is 0.295. The van der Waals surface area contributed by atoms with Gasteiger partial charge >= 0.3 is 0 Å². The molecule has 0 aromatic heterocycles. The van der Waals surface area contributed by atoms with Gasteiger partial charge in [0.1, 0.15) is 5.78 Å². The third kappa shape index (κ3) is 0.731. The Labute approximate surface area is 61.1 Å². The molecular weight excluding hydrogens is 124 g/mol. The van der Waals surface area contributed by atoms with Crippen LogP contribution in [0.2, 0.25) is 0 Å². The van der Waals surface area contributed by atoms with Crippen molar-refractivity contribution < 1.29 is 4.79 Å². The van der Waals surface area contributed by atoms with Gasteiger partial charge in [0.15, 0.2) is 0 Å². The van der Waals surface area contributed by atoms with Crippen LogP contribution in [0.25, 0.3) is 0 Å². The number of hydrogen-bond donors (Lipinski definition) is 0. The molecule has 0 radical (unpaired) electrons. The first-order valence-corrected chi connectivity index (χ1v) is 3.97. The monoisotopic (exact) mass is 136 g/mol. The smallest absolute Gasteiger partial charge is 0.136 e. The highest BCUT2D eigenvalue weighted by Crippen LogP contribution is 2.43. The van der Waals surface area contributed by atoms with Gasteiger partial charge in [-0.2, -0.15) is 0 Å². The van der Waals surface area contributed by atoms with Gasteiger partial charge in [0.25, 0.3) is 0 Å². The van der Waals surface area contributed by atoms with Crippen molar-refractivity contribution >= 4 is 5.78 Å². The summed E-state index contributed by atoms with van der Waals surface area (Å²) in [6.07, 6.45) is 5.92. The number of Topliss-reactive ketones (excluding diaryl/α,β-unsaturated/α-hetero) is 1. The second-order valence-corrected chi connectivity index (χ2v) is 3.46. The van der Waals surface area contributed by atoms with Gasteiger partial charge in [0.05, 0.1) is 0 Å². The Balaban J connectivity index is 2.22. The van der Waals surface area contributed by atoms with Crippen LogP contribution < -0.4 is 0 Å². The molecular formula is C9H12O.